The molecule has 3 nitrogen and oxygen atoms in total. The van der Waals surface area contributed by atoms with E-state index in [9.17, 15) is 0 Å². The molecule has 0 N–H and O–H groups in total. The molecule has 0 saturated heterocycles. The van der Waals surface area contributed by atoms with Crippen LogP contribution in [0.15, 0.2) is 0 Å². The van der Waals surface area contributed by atoms with Crippen LogP contribution in [0, 0.1) is 0 Å². The fourth-order valence-corrected chi connectivity index (χ4v) is 0.166. The second-order valence-electron chi connectivity index (χ2n) is 0.936. The van der Waals surface area contributed by atoms with E-state index < -0.39 is 0 Å². The van der Waals surface area contributed by atoms with Crippen molar-refractivity contribution in [3.05, 3.63) is 0 Å². The monoisotopic (exact) mass is 111 g/mol. The summed E-state index contributed by atoms with van der Waals surface area (Å²) < 4.78 is 13.5. The van der Waals surface area contributed by atoms with Gasteiger partial charge in [-0.2, -0.15) is 0 Å². The van der Waals surface area contributed by atoms with E-state index in [0.29, 0.717) is 0 Å². The molecular formula is C2H6B3O3. The average Bonchev–Trinajstić information content (AvgIpc) is 1.81. The van der Waals surface area contributed by atoms with E-state index in [1.807, 2.05) is 0 Å². The first-order chi connectivity index (χ1) is 3.91. The summed E-state index contributed by atoms with van der Waals surface area (Å²) in [6, 6.07) is 0. The van der Waals surface area contributed by atoms with E-state index in [-0.39, 0.29) is 0 Å². The zero-order valence-electron chi connectivity index (χ0n) is 4.96. The van der Waals surface area contributed by atoms with Gasteiger partial charge in [-0.1, -0.05) is 6.82 Å². The van der Waals surface area contributed by atoms with Crippen molar-refractivity contribution in [1.82, 2.24) is 0 Å². The molecule has 0 aromatic heterocycles. The number of rotatable bonds is 5. The first-order valence-corrected chi connectivity index (χ1v) is 2.16. The van der Waals surface area contributed by atoms with Gasteiger partial charge in [-0.3, -0.25) is 0 Å². The molecule has 0 heterocycles. The fraction of sp³-hybridized carbons (Fsp3) is 1.00. The minimum Gasteiger partial charge on any atom is -0.482 e. The lowest BCUT2D eigenvalue weighted by Crippen LogP contribution is -2.10. The maximum atomic E-state index is 4.55. The number of hydrogen-bond acceptors (Lipinski definition) is 3. The van der Waals surface area contributed by atoms with Crippen LogP contribution >= 0.6 is 0 Å². The third kappa shape index (κ3) is 6.07. The quantitative estimate of drug-likeness (QED) is 0.350. The van der Waals surface area contributed by atoms with Gasteiger partial charge in [0.25, 0.3) is 7.48 Å². The molecule has 0 unspecified atom stereocenters. The van der Waals surface area contributed by atoms with Crippen molar-refractivity contribution < 1.29 is 13.8 Å². The van der Waals surface area contributed by atoms with E-state index in [1.165, 1.54) is 14.6 Å². The average molecular weight is 111 g/mol. The Labute approximate surface area is 51.6 Å². The summed E-state index contributed by atoms with van der Waals surface area (Å²) in [5.74, 6) is 0. The third-order valence-electron chi connectivity index (χ3n) is 0.399. The van der Waals surface area contributed by atoms with Gasteiger partial charge in [0.2, 0.25) is 0 Å². The predicted octanol–water partition coefficient (Wildman–Crippen LogP) is -0.598. The van der Waals surface area contributed by atoms with Gasteiger partial charge in [0, 0.05) is 7.11 Å². The predicted molar refractivity (Wildman–Crippen MR) is 32.3 cm³/mol. The van der Waals surface area contributed by atoms with E-state index in [0.717, 1.165) is 15.4 Å². The maximum Gasteiger partial charge on any atom is 0.472 e. The van der Waals surface area contributed by atoms with E-state index >= 15 is 0 Å². The Balaban J connectivity index is 2.53. The van der Waals surface area contributed by atoms with Crippen molar-refractivity contribution in [2.45, 2.75) is 6.82 Å². The molecule has 0 aromatic carbocycles. The van der Waals surface area contributed by atoms with Crippen LogP contribution in [0.1, 0.15) is 0 Å². The second-order valence-corrected chi connectivity index (χ2v) is 0.936. The van der Waals surface area contributed by atoms with Gasteiger partial charge in [-0.25, -0.2) is 0 Å². The van der Waals surface area contributed by atoms with Gasteiger partial charge >= 0.3 is 15.4 Å². The van der Waals surface area contributed by atoms with Gasteiger partial charge in [0.15, 0.2) is 0 Å². The molecule has 0 rings (SSSR count). The second kappa shape index (κ2) is 7.07. The molecule has 6 heteroatoms. The molecule has 0 fully saturated rings. The van der Waals surface area contributed by atoms with Crippen molar-refractivity contribution in [1.29, 1.82) is 0 Å². The first-order valence-electron chi connectivity index (χ1n) is 2.16. The lowest BCUT2D eigenvalue weighted by molar-refractivity contribution is 0.354. The Bertz CT molecular complexity index is 37.5. The summed E-state index contributed by atoms with van der Waals surface area (Å²) >= 11 is 0. The molecule has 8 heavy (non-hydrogen) atoms. The lowest BCUT2D eigenvalue weighted by Gasteiger charge is -1.95. The Hall–Kier alpha value is 0.0748. The molecule has 0 aliphatic rings. The Morgan fingerprint density at radius 3 is 2.38 bits per heavy atom. The van der Waals surface area contributed by atoms with Crippen LogP contribution in [0.25, 0.3) is 0 Å². The summed E-state index contributed by atoms with van der Waals surface area (Å²) in [6.07, 6.45) is 0. The molecule has 0 aliphatic heterocycles. The highest BCUT2D eigenvalue weighted by Gasteiger charge is 1.92. The molecule has 0 saturated carbocycles. The largest absolute Gasteiger partial charge is 0.482 e. The standard InChI is InChI=1S/C2H6B3O3/c1-3-7-5-8-4-6-2/h1-2H3. The molecule has 0 amide bonds. The summed E-state index contributed by atoms with van der Waals surface area (Å²) in [6.45, 7) is 1.74. The molecule has 0 bridgehead atoms. The van der Waals surface area contributed by atoms with Crippen molar-refractivity contribution in [2.24, 2.45) is 0 Å². The first kappa shape index (κ1) is 8.07. The summed E-state index contributed by atoms with van der Waals surface area (Å²) in [7, 11) is 5.29. The van der Waals surface area contributed by atoms with Crippen LogP contribution in [-0.4, -0.2) is 30.0 Å². The maximum absolute atomic E-state index is 4.55. The third-order valence-corrected chi connectivity index (χ3v) is 0.399. The summed E-state index contributed by atoms with van der Waals surface area (Å²) in [5, 5.41) is 0. The number of hydrogen-bond donors (Lipinski definition) is 0. The Morgan fingerprint density at radius 2 is 1.88 bits per heavy atom. The van der Waals surface area contributed by atoms with Crippen molar-refractivity contribution in [3.63, 3.8) is 0 Å². The minimum absolute atomic E-state index is 1.16. The molecule has 0 spiro atoms. The SMILES string of the molecule is C[B]O[B]O[B]OC. The molecule has 0 atom stereocenters. The lowest BCUT2D eigenvalue weighted by atomic mass is 10.1. The van der Waals surface area contributed by atoms with Crippen molar-refractivity contribution >= 4 is 22.9 Å². The van der Waals surface area contributed by atoms with Crippen LogP contribution in [0.3, 0.4) is 0 Å². The Kier molecular flexibility index (Phi) is 7.14. The zero-order chi connectivity index (χ0) is 6.24. The van der Waals surface area contributed by atoms with Gasteiger partial charge in [0.1, 0.15) is 0 Å². The highest BCUT2D eigenvalue weighted by molar-refractivity contribution is 6.42. The van der Waals surface area contributed by atoms with Gasteiger partial charge in [-0.15, -0.1) is 0 Å². The van der Waals surface area contributed by atoms with E-state index in [2.05, 4.69) is 13.8 Å². The van der Waals surface area contributed by atoms with Crippen molar-refractivity contribution in [2.75, 3.05) is 7.11 Å². The van der Waals surface area contributed by atoms with Gasteiger partial charge in [-0.05, 0) is 0 Å². The van der Waals surface area contributed by atoms with Gasteiger partial charge < -0.3 is 13.8 Å². The normalized spacial score (nSPS) is 8.25. The molecule has 41 valence electrons. The molecule has 0 aliphatic carbocycles. The Morgan fingerprint density at radius 1 is 1.12 bits per heavy atom. The summed E-state index contributed by atoms with van der Waals surface area (Å²) in [5.41, 5.74) is 0. The highest BCUT2D eigenvalue weighted by Crippen LogP contribution is 1.68. The van der Waals surface area contributed by atoms with Gasteiger partial charge in [0.05, 0.1) is 0 Å². The van der Waals surface area contributed by atoms with Crippen molar-refractivity contribution in [3.8, 4) is 0 Å². The topological polar surface area (TPSA) is 27.7 Å². The molecular weight excluding hydrogens is 104 g/mol. The van der Waals surface area contributed by atoms with Crippen LogP contribution in [0.4, 0.5) is 0 Å². The van der Waals surface area contributed by atoms with Crippen LogP contribution in [-0.2, 0) is 13.8 Å². The minimum atomic E-state index is 1.16. The summed E-state index contributed by atoms with van der Waals surface area (Å²) in [4.78, 5) is 0. The van der Waals surface area contributed by atoms with E-state index in [4.69, 9.17) is 0 Å². The highest BCUT2D eigenvalue weighted by atomic mass is 16.6. The van der Waals surface area contributed by atoms with Crippen LogP contribution < -0.4 is 0 Å². The molecule has 0 aromatic rings. The zero-order valence-corrected chi connectivity index (χ0v) is 4.96. The molecule has 3 radical (unpaired) electrons. The van der Waals surface area contributed by atoms with E-state index in [1.54, 1.807) is 6.82 Å². The van der Waals surface area contributed by atoms with Crippen LogP contribution in [0.5, 0.6) is 0 Å². The van der Waals surface area contributed by atoms with Crippen LogP contribution in [0.2, 0.25) is 6.82 Å². The fourth-order valence-electron chi connectivity index (χ4n) is 0.166. The smallest absolute Gasteiger partial charge is 0.472 e.